The minimum Gasteiger partial charge on any atom is -0.508 e. The highest BCUT2D eigenvalue weighted by Crippen LogP contribution is 2.43. The van der Waals surface area contributed by atoms with E-state index in [0.29, 0.717) is 5.56 Å². The van der Waals surface area contributed by atoms with Gasteiger partial charge in [-0.3, -0.25) is 4.79 Å². The van der Waals surface area contributed by atoms with Gasteiger partial charge in [0.15, 0.2) is 5.78 Å². The zero-order valence-corrected chi connectivity index (χ0v) is 11.7. The molecule has 3 rings (SSSR count). The van der Waals surface area contributed by atoms with E-state index in [9.17, 15) is 9.59 Å². The molecule has 0 aromatic heterocycles. The number of aromatic hydroxyl groups is 1. The summed E-state index contributed by atoms with van der Waals surface area (Å²) in [5.41, 5.74) is 3.57. The van der Waals surface area contributed by atoms with Crippen LogP contribution in [-0.2, 0) is 9.53 Å². The van der Waals surface area contributed by atoms with Crippen LogP contribution in [0.4, 0.5) is 0 Å². The number of hydrogen-bond donors (Lipinski definition) is 3. The van der Waals surface area contributed by atoms with Crippen LogP contribution in [0.15, 0.2) is 42.5 Å². The first-order chi connectivity index (χ1) is 10.5. The van der Waals surface area contributed by atoms with E-state index in [4.69, 9.17) is 15.3 Å². The molecule has 3 N–H and O–H groups in total. The third-order valence-corrected chi connectivity index (χ3v) is 3.06. The molecule has 1 aromatic carbocycles. The van der Waals surface area contributed by atoms with Crippen LogP contribution in [0.3, 0.4) is 0 Å². The maximum Gasteiger partial charge on any atom is 0.362 e. The van der Waals surface area contributed by atoms with Crippen molar-refractivity contribution in [1.82, 2.24) is 0 Å². The molecule has 6 nitrogen and oxygen atoms in total. The molecule has 0 atom stereocenters. The second kappa shape index (κ2) is 6.38. The van der Waals surface area contributed by atoms with E-state index in [-0.39, 0.29) is 11.5 Å². The highest BCUT2D eigenvalue weighted by atomic mass is 16.6. The fourth-order valence-electron chi connectivity index (χ4n) is 1.91. The number of methoxy groups -OCH3 is 1. The van der Waals surface area contributed by atoms with Gasteiger partial charge in [-0.2, -0.15) is 0 Å². The Kier molecular flexibility index (Phi) is 4.55. The third-order valence-electron chi connectivity index (χ3n) is 3.06. The Hall–Kier alpha value is -2.70. The van der Waals surface area contributed by atoms with Crippen molar-refractivity contribution in [2.75, 3.05) is 7.11 Å². The Morgan fingerprint density at radius 3 is 1.95 bits per heavy atom. The number of carbonyl (C=O) groups excluding carboxylic acids is 2. The van der Waals surface area contributed by atoms with Crippen molar-refractivity contribution >= 4 is 11.8 Å². The molecule has 0 bridgehead atoms. The lowest BCUT2D eigenvalue weighted by molar-refractivity contribution is -0.169. The quantitative estimate of drug-likeness (QED) is 0.380. The van der Waals surface area contributed by atoms with Gasteiger partial charge in [0.25, 0.3) is 6.29 Å². The average Bonchev–Trinajstić information content (AvgIpc) is 2.99. The van der Waals surface area contributed by atoms with Crippen molar-refractivity contribution in [3.8, 4) is 16.9 Å². The first-order valence-corrected chi connectivity index (χ1v) is 6.36. The van der Waals surface area contributed by atoms with E-state index < -0.39 is 12.3 Å². The molecule has 0 fully saturated rings. The number of aliphatic hydroxyl groups excluding tert-OH is 1. The molecule has 0 saturated carbocycles. The van der Waals surface area contributed by atoms with Gasteiger partial charge in [0.2, 0.25) is 0 Å². The molecule has 0 spiro atoms. The van der Waals surface area contributed by atoms with Crippen LogP contribution in [0.2, 0.25) is 0 Å². The summed E-state index contributed by atoms with van der Waals surface area (Å²) >= 11 is 0. The lowest BCUT2D eigenvalue weighted by Crippen LogP contribution is -2.20. The number of ether oxygens (including phenoxy) is 1. The molecule has 2 aliphatic carbocycles. The second-order valence-electron chi connectivity index (χ2n) is 4.50. The Morgan fingerprint density at radius 2 is 1.55 bits per heavy atom. The predicted molar refractivity (Wildman–Crippen MR) is 77.2 cm³/mol. The fourth-order valence-corrected chi connectivity index (χ4v) is 1.91. The summed E-state index contributed by atoms with van der Waals surface area (Å²) in [6.07, 6.45) is -2.00. The van der Waals surface area contributed by atoms with Crippen LogP contribution < -0.4 is 0 Å². The summed E-state index contributed by atoms with van der Waals surface area (Å²) in [5, 5.41) is 24.9. The summed E-state index contributed by atoms with van der Waals surface area (Å²) in [5.74, 6) is -0.820. The van der Waals surface area contributed by atoms with E-state index in [0.717, 1.165) is 23.8 Å². The van der Waals surface area contributed by atoms with Crippen molar-refractivity contribution in [2.45, 2.75) is 6.29 Å². The number of carbonyl (C=O) groups is 2. The molecule has 114 valence electrons. The molecule has 2 aliphatic rings. The van der Waals surface area contributed by atoms with Crippen LogP contribution in [0, 0.1) is 0 Å². The van der Waals surface area contributed by atoms with Gasteiger partial charge in [-0.1, -0.05) is 18.2 Å². The first kappa shape index (κ1) is 15.7. The highest BCUT2D eigenvalue weighted by Gasteiger charge is 2.29. The molecule has 0 radical (unpaired) electrons. The number of phenols is 1. The normalized spacial score (nSPS) is 10.5. The Morgan fingerprint density at radius 1 is 1.00 bits per heavy atom. The van der Waals surface area contributed by atoms with Gasteiger partial charge in [0.05, 0.1) is 7.11 Å². The summed E-state index contributed by atoms with van der Waals surface area (Å²) in [7, 11) is 1.07. The van der Waals surface area contributed by atoms with Crippen LogP contribution in [0.1, 0.15) is 15.9 Å². The third kappa shape index (κ3) is 3.30. The lowest BCUT2D eigenvalue weighted by Gasteiger charge is -1.96. The van der Waals surface area contributed by atoms with Crippen LogP contribution in [0.5, 0.6) is 5.75 Å². The molecule has 22 heavy (non-hydrogen) atoms. The maximum absolute atomic E-state index is 11.9. The van der Waals surface area contributed by atoms with Crippen molar-refractivity contribution in [1.29, 1.82) is 0 Å². The minimum absolute atomic E-state index is 0.0422. The average molecular weight is 302 g/mol. The van der Waals surface area contributed by atoms with Crippen LogP contribution in [0.25, 0.3) is 11.1 Å². The highest BCUT2D eigenvalue weighted by molar-refractivity contribution is 6.24. The number of aliphatic hydroxyl groups is 2. The van der Waals surface area contributed by atoms with Gasteiger partial charge in [0.1, 0.15) is 5.75 Å². The summed E-state index contributed by atoms with van der Waals surface area (Å²) < 4.78 is 3.87. The predicted octanol–water partition coefficient (Wildman–Crippen LogP) is 1.07. The molecular weight excluding hydrogens is 288 g/mol. The van der Waals surface area contributed by atoms with Crippen molar-refractivity contribution in [3.05, 3.63) is 53.6 Å². The number of hydrogen-bond acceptors (Lipinski definition) is 6. The smallest absolute Gasteiger partial charge is 0.362 e. The standard InChI is InChI=1S/C13H8O2.C3H6O4/c14-9-6-4-8(5-7-9)13(15)12-10-2-1-3-11(10)12;1-7-3(6)2(4)5/h1-7,14H;2,4-5H,1H3. The molecule has 1 aromatic rings. The molecular formula is C16H14O6. The van der Waals surface area contributed by atoms with Gasteiger partial charge in [-0.25, -0.2) is 4.79 Å². The van der Waals surface area contributed by atoms with Crippen molar-refractivity contribution < 1.29 is 29.6 Å². The van der Waals surface area contributed by atoms with Crippen LogP contribution >= 0.6 is 0 Å². The van der Waals surface area contributed by atoms with E-state index in [1.54, 1.807) is 12.1 Å². The number of fused-ring (bicyclic) bond motifs is 1. The van der Waals surface area contributed by atoms with E-state index in [1.165, 1.54) is 12.1 Å². The number of esters is 1. The topological polar surface area (TPSA) is 104 Å². The number of phenolic OH excluding ortho intramolecular Hbond substituents is 1. The summed E-state index contributed by atoms with van der Waals surface area (Å²) in [4.78, 5) is 21.7. The molecule has 0 saturated heterocycles. The largest absolute Gasteiger partial charge is 0.508 e. The van der Waals surface area contributed by atoms with E-state index in [1.807, 2.05) is 18.2 Å². The molecule has 6 heteroatoms. The monoisotopic (exact) mass is 302 g/mol. The fraction of sp³-hybridized carbons (Fsp3) is 0.125. The SMILES string of the molecule is COC(=O)C(O)O.O=C(c1ccc(O)cc1)c1c2cccc1-2. The Labute approximate surface area is 126 Å². The zero-order chi connectivity index (χ0) is 16.3. The van der Waals surface area contributed by atoms with Gasteiger partial charge in [0, 0.05) is 11.1 Å². The Balaban J connectivity index is 0.000000217. The van der Waals surface area contributed by atoms with Gasteiger partial charge in [-0.05, 0) is 35.4 Å². The number of benzene rings is 2. The van der Waals surface area contributed by atoms with Gasteiger partial charge < -0.3 is 20.1 Å². The second-order valence-corrected chi connectivity index (χ2v) is 4.50. The van der Waals surface area contributed by atoms with Crippen LogP contribution in [-0.4, -0.2) is 40.5 Å². The molecule has 0 heterocycles. The minimum atomic E-state index is -2.00. The zero-order valence-electron chi connectivity index (χ0n) is 11.7. The number of ketones is 1. The lowest BCUT2D eigenvalue weighted by atomic mass is 10.1. The maximum atomic E-state index is 11.9. The summed E-state index contributed by atoms with van der Waals surface area (Å²) in [6.45, 7) is 0. The van der Waals surface area contributed by atoms with E-state index >= 15 is 0 Å². The van der Waals surface area contributed by atoms with Crippen molar-refractivity contribution in [2.24, 2.45) is 0 Å². The van der Waals surface area contributed by atoms with Crippen molar-refractivity contribution in [3.63, 3.8) is 0 Å². The van der Waals surface area contributed by atoms with E-state index in [2.05, 4.69) is 4.74 Å². The molecule has 0 aliphatic heterocycles. The first-order valence-electron chi connectivity index (χ1n) is 6.36. The summed E-state index contributed by atoms with van der Waals surface area (Å²) in [6, 6.07) is 12.2. The Bertz CT molecular complexity index is 683. The molecule has 0 amide bonds. The van der Waals surface area contributed by atoms with Gasteiger partial charge >= 0.3 is 5.97 Å². The van der Waals surface area contributed by atoms with Gasteiger partial charge in [-0.15, -0.1) is 0 Å². The number of rotatable bonds is 3. The molecule has 0 unspecified atom stereocenters.